The van der Waals surface area contributed by atoms with Crippen molar-refractivity contribution in [1.82, 2.24) is 9.97 Å². The molecule has 27 heavy (non-hydrogen) atoms. The van der Waals surface area contributed by atoms with Gasteiger partial charge in [-0.05, 0) is 48.6 Å². The van der Waals surface area contributed by atoms with Crippen LogP contribution in [0.25, 0.3) is 22.0 Å². The quantitative estimate of drug-likeness (QED) is 0.720. The molecule has 2 heterocycles. The molecule has 4 rings (SSSR count). The highest BCUT2D eigenvalue weighted by Crippen LogP contribution is 2.36. The van der Waals surface area contributed by atoms with Crippen LogP contribution in [0, 0.1) is 12.8 Å². The topological polar surface area (TPSA) is 66.3 Å². The smallest absolute Gasteiger partial charge is 0.306 e. The molecule has 0 bridgehead atoms. The monoisotopic (exact) mass is 381 g/mol. The number of benzene rings is 2. The highest BCUT2D eigenvalue weighted by molar-refractivity contribution is 6.31. The van der Waals surface area contributed by atoms with Gasteiger partial charge >= 0.3 is 5.97 Å². The first-order chi connectivity index (χ1) is 13.0. The Morgan fingerprint density at radius 2 is 1.96 bits per heavy atom. The predicted octanol–water partition coefficient (Wildman–Crippen LogP) is 4.56. The van der Waals surface area contributed by atoms with Crippen molar-refractivity contribution >= 4 is 34.3 Å². The lowest BCUT2D eigenvalue weighted by Gasteiger charge is -2.32. The third-order valence-corrected chi connectivity index (χ3v) is 5.68. The molecule has 138 valence electrons. The lowest BCUT2D eigenvalue weighted by molar-refractivity contribution is -0.142. The molecule has 1 aliphatic heterocycles. The van der Waals surface area contributed by atoms with Crippen LogP contribution in [0.5, 0.6) is 0 Å². The van der Waals surface area contributed by atoms with E-state index >= 15 is 0 Å². The first-order valence-electron chi connectivity index (χ1n) is 9.02. The van der Waals surface area contributed by atoms with Gasteiger partial charge in [-0.25, -0.2) is 9.97 Å². The van der Waals surface area contributed by atoms with Gasteiger partial charge in [0.15, 0.2) is 0 Å². The van der Waals surface area contributed by atoms with Crippen molar-refractivity contribution in [1.29, 1.82) is 0 Å². The summed E-state index contributed by atoms with van der Waals surface area (Å²) in [5.41, 5.74) is 3.96. The van der Waals surface area contributed by atoms with Gasteiger partial charge in [-0.15, -0.1) is 0 Å². The average Bonchev–Trinajstić information content (AvgIpc) is 2.69. The average molecular weight is 382 g/mol. The molecule has 1 N–H and O–H groups in total. The van der Waals surface area contributed by atoms with E-state index in [9.17, 15) is 9.90 Å². The number of fused-ring (bicyclic) bond motifs is 1. The number of piperidine rings is 1. The van der Waals surface area contributed by atoms with Gasteiger partial charge in [-0.1, -0.05) is 35.9 Å². The highest BCUT2D eigenvalue weighted by Gasteiger charge is 2.26. The Hall–Kier alpha value is -2.66. The summed E-state index contributed by atoms with van der Waals surface area (Å²) >= 11 is 6.35. The molecule has 0 spiro atoms. The van der Waals surface area contributed by atoms with Crippen LogP contribution in [0.15, 0.2) is 42.7 Å². The minimum Gasteiger partial charge on any atom is -0.481 e. The fraction of sp³-hybridized carbons (Fsp3) is 0.286. The van der Waals surface area contributed by atoms with Gasteiger partial charge in [0.1, 0.15) is 12.1 Å². The van der Waals surface area contributed by atoms with E-state index in [-0.39, 0.29) is 5.92 Å². The number of carboxylic acid groups (broad SMARTS) is 1. The molecule has 0 atom stereocenters. The summed E-state index contributed by atoms with van der Waals surface area (Å²) in [4.78, 5) is 22.4. The summed E-state index contributed by atoms with van der Waals surface area (Å²) in [6, 6.07) is 12.1. The van der Waals surface area contributed by atoms with Crippen LogP contribution in [-0.4, -0.2) is 34.1 Å². The summed E-state index contributed by atoms with van der Waals surface area (Å²) in [6.07, 6.45) is 2.82. The zero-order valence-corrected chi connectivity index (χ0v) is 15.8. The molecule has 1 fully saturated rings. The number of aromatic nitrogens is 2. The molecule has 6 heteroatoms. The zero-order valence-electron chi connectivity index (χ0n) is 15.0. The maximum absolute atomic E-state index is 11.3. The second-order valence-corrected chi connectivity index (χ2v) is 7.37. The molecule has 1 aliphatic rings. The minimum absolute atomic E-state index is 0.273. The molecule has 1 aromatic heterocycles. The minimum atomic E-state index is -0.711. The van der Waals surface area contributed by atoms with Gasteiger partial charge in [0.25, 0.3) is 0 Å². The maximum Gasteiger partial charge on any atom is 0.306 e. The Balaban J connectivity index is 1.80. The summed E-state index contributed by atoms with van der Waals surface area (Å²) in [6.45, 7) is 3.33. The Morgan fingerprint density at radius 1 is 1.19 bits per heavy atom. The third kappa shape index (κ3) is 3.35. The lowest BCUT2D eigenvalue weighted by Crippen LogP contribution is -2.37. The number of aryl methyl sites for hydroxylation is 1. The maximum atomic E-state index is 11.3. The van der Waals surface area contributed by atoms with Crippen LogP contribution in [0.1, 0.15) is 18.4 Å². The SMILES string of the molecule is Cc1ccc(-c2cccc3ncnc(N4CCC(C(=O)O)CC4)c23)cc1Cl. The number of nitrogens with zero attached hydrogens (tertiary/aromatic N) is 3. The number of hydrogen-bond acceptors (Lipinski definition) is 4. The fourth-order valence-corrected chi connectivity index (χ4v) is 3.85. The summed E-state index contributed by atoms with van der Waals surface area (Å²) in [5, 5.41) is 11.0. The van der Waals surface area contributed by atoms with Gasteiger partial charge in [-0.2, -0.15) is 0 Å². The first-order valence-corrected chi connectivity index (χ1v) is 9.40. The molecule has 5 nitrogen and oxygen atoms in total. The fourth-order valence-electron chi connectivity index (χ4n) is 3.67. The van der Waals surface area contributed by atoms with Crippen LogP contribution in [0.2, 0.25) is 5.02 Å². The highest BCUT2D eigenvalue weighted by atomic mass is 35.5. The van der Waals surface area contributed by atoms with E-state index in [4.69, 9.17) is 11.6 Å². The largest absolute Gasteiger partial charge is 0.481 e. The van der Waals surface area contributed by atoms with Crippen molar-refractivity contribution in [2.45, 2.75) is 19.8 Å². The number of anilines is 1. The normalized spacial score (nSPS) is 15.3. The Morgan fingerprint density at radius 3 is 2.67 bits per heavy atom. The van der Waals surface area contributed by atoms with Crippen LogP contribution >= 0.6 is 11.6 Å². The molecule has 1 saturated heterocycles. The van der Waals surface area contributed by atoms with Gasteiger partial charge in [0.05, 0.1) is 16.8 Å². The molecule has 0 aliphatic carbocycles. The summed E-state index contributed by atoms with van der Waals surface area (Å²) in [7, 11) is 0. The van der Waals surface area contributed by atoms with E-state index in [0.29, 0.717) is 25.9 Å². The van der Waals surface area contributed by atoms with Crippen LogP contribution in [0.4, 0.5) is 5.82 Å². The second-order valence-electron chi connectivity index (χ2n) is 6.96. The number of hydrogen-bond donors (Lipinski definition) is 1. The molecule has 0 radical (unpaired) electrons. The van der Waals surface area contributed by atoms with Crippen LogP contribution in [-0.2, 0) is 4.79 Å². The molecular weight excluding hydrogens is 362 g/mol. The molecule has 3 aromatic rings. The van der Waals surface area contributed by atoms with Gasteiger partial charge < -0.3 is 10.0 Å². The predicted molar refractivity (Wildman–Crippen MR) is 107 cm³/mol. The number of aliphatic carboxylic acids is 1. The van der Waals surface area contributed by atoms with Crippen molar-refractivity contribution in [2.24, 2.45) is 5.92 Å². The van der Waals surface area contributed by atoms with Crippen molar-refractivity contribution in [3.8, 4) is 11.1 Å². The van der Waals surface area contributed by atoms with Gasteiger partial charge in [0, 0.05) is 18.1 Å². The third-order valence-electron chi connectivity index (χ3n) is 5.27. The Bertz CT molecular complexity index is 1010. The van der Waals surface area contributed by atoms with Crippen molar-refractivity contribution in [2.75, 3.05) is 18.0 Å². The molecule has 0 unspecified atom stereocenters. The number of carboxylic acids is 1. The van der Waals surface area contributed by atoms with E-state index < -0.39 is 5.97 Å². The molecule has 0 saturated carbocycles. The van der Waals surface area contributed by atoms with E-state index in [1.54, 1.807) is 6.33 Å². The van der Waals surface area contributed by atoms with Crippen molar-refractivity contribution in [3.05, 3.63) is 53.3 Å². The number of rotatable bonds is 3. The summed E-state index contributed by atoms with van der Waals surface area (Å²) < 4.78 is 0. The van der Waals surface area contributed by atoms with E-state index in [0.717, 1.165) is 38.4 Å². The zero-order chi connectivity index (χ0) is 19.0. The van der Waals surface area contributed by atoms with Crippen molar-refractivity contribution in [3.63, 3.8) is 0 Å². The van der Waals surface area contributed by atoms with Gasteiger partial charge in [-0.3, -0.25) is 4.79 Å². The number of halogens is 1. The molecule has 2 aromatic carbocycles. The lowest BCUT2D eigenvalue weighted by atomic mass is 9.95. The first kappa shape index (κ1) is 17.7. The van der Waals surface area contributed by atoms with Crippen molar-refractivity contribution < 1.29 is 9.90 Å². The van der Waals surface area contributed by atoms with Gasteiger partial charge in [0.2, 0.25) is 0 Å². The van der Waals surface area contributed by atoms with E-state index in [1.807, 2.05) is 31.2 Å². The van der Waals surface area contributed by atoms with Crippen LogP contribution in [0.3, 0.4) is 0 Å². The second kappa shape index (κ2) is 7.16. The van der Waals surface area contributed by atoms with E-state index in [2.05, 4.69) is 27.0 Å². The molecular formula is C21H20ClN3O2. The standard InChI is InChI=1S/C21H20ClN3O2/c1-13-5-6-15(11-17(13)22)16-3-2-4-18-19(16)20(24-12-23-18)25-9-7-14(8-10-25)21(26)27/h2-6,11-12,14H,7-10H2,1H3,(H,26,27). The molecule has 0 amide bonds. The number of carbonyl (C=O) groups is 1. The Kier molecular flexibility index (Phi) is 4.70. The summed E-state index contributed by atoms with van der Waals surface area (Å²) in [5.74, 6) is -0.127. The van der Waals surface area contributed by atoms with Crippen LogP contribution < -0.4 is 4.90 Å². The Labute approximate surface area is 162 Å². The van der Waals surface area contributed by atoms with E-state index in [1.165, 1.54) is 0 Å².